The summed E-state index contributed by atoms with van der Waals surface area (Å²) >= 11 is 0. The predicted octanol–water partition coefficient (Wildman–Crippen LogP) is 2.92. The highest BCUT2D eigenvalue weighted by Crippen LogP contribution is 2.12. The monoisotopic (exact) mass is 510 g/mol. The molecule has 8 heteroatoms. The Morgan fingerprint density at radius 3 is 2.41 bits per heavy atom. The Bertz CT molecular complexity index is 750. The molecule has 158 valence electrons. The summed E-state index contributed by atoms with van der Waals surface area (Å²) in [6.07, 6.45) is 4.61. The number of nitrogens with zero attached hydrogens (tertiary/aromatic N) is 5. The molecule has 0 atom stereocenters. The first kappa shape index (κ1) is 23.3. The Balaban J connectivity index is 0.00000300. The van der Waals surface area contributed by atoms with Crippen molar-refractivity contribution in [2.24, 2.45) is 4.99 Å². The van der Waals surface area contributed by atoms with Crippen LogP contribution in [0, 0.1) is 0 Å². The summed E-state index contributed by atoms with van der Waals surface area (Å²) < 4.78 is 5.73. The van der Waals surface area contributed by atoms with Gasteiger partial charge < -0.3 is 19.9 Å². The number of hydrogen-bond donors (Lipinski definition) is 1. The minimum Gasteiger partial charge on any atom is -0.377 e. The third-order valence-corrected chi connectivity index (χ3v) is 4.79. The van der Waals surface area contributed by atoms with Gasteiger partial charge in [0.2, 0.25) is 5.95 Å². The molecular formula is C21H31IN6O. The topological polar surface area (TPSA) is 65.9 Å². The molecule has 7 nitrogen and oxygen atoms in total. The first-order valence-electron chi connectivity index (χ1n) is 9.94. The second-order valence-electron chi connectivity index (χ2n) is 6.74. The van der Waals surface area contributed by atoms with Gasteiger partial charge >= 0.3 is 0 Å². The summed E-state index contributed by atoms with van der Waals surface area (Å²) in [6.45, 7) is 7.84. The lowest BCUT2D eigenvalue weighted by Crippen LogP contribution is -2.52. The highest BCUT2D eigenvalue weighted by Gasteiger charge is 2.21. The van der Waals surface area contributed by atoms with Crippen molar-refractivity contribution in [1.29, 1.82) is 0 Å². The van der Waals surface area contributed by atoms with Crippen molar-refractivity contribution < 1.29 is 4.74 Å². The summed E-state index contributed by atoms with van der Waals surface area (Å²) in [7, 11) is 1.84. The molecule has 0 unspecified atom stereocenters. The van der Waals surface area contributed by atoms with Crippen LogP contribution in [0.2, 0.25) is 0 Å². The quantitative estimate of drug-likeness (QED) is 0.268. The summed E-state index contributed by atoms with van der Waals surface area (Å²) in [5.41, 5.74) is 2.47. The van der Waals surface area contributed by atoms with Gasteiger partial charge in [0.15, 0.2) is 5.96 Å². The second kappa shape index (κ2) is 12.6. The number of benzene rings is 1. The third kappa shape index (κ3) is 6.81. The highest BCUT2D eigenvalue weighted by atomic mass is 127. The summed E-state index contributed by atoms with van der Waals surface area (Å²) in [5, 5.41) is 3.51. The number of nitrogens with one attached hydrogen (secondary N) is 1. The van der Waals surface area contributed by atoms with Crippen LogP contribution in [0.1, 0.15) is 24.5 Å². The number of aromatic nitrogens is 2. The first-order valence-corrected chi connectivity index (χ1v) is 9.94. The van der Waals surface area contributed by atoms with E-state index in [9.17, 15) is 0 Å². The minimum atomic E-state index is 0. The van der Waals surface area contributed by atoms with Gasteiger partial charge in [-0.3, -0.25) is 4.99 Å². The van der Waals surface area contributed by atoms with E-state index in [1.165, 1.54) is 11.1 Å². The van der Waals surface area contributed by atoms with Crippen LogP contribution in [0.3, 0.4) is 0 Å². The number of anilines is 1. The summed E-state index contributed by atoms with van der Waals surface area (Å²) in [4.78, 5) is 17.7. The van der Waals surface area contributed by atoms with E-state index in [2.05, 4.69) is 61.3 Å². The molecule has 1 aromatic carbocycles. The lowest BCUT2D eigenvalue weighted by Gasteiger charge is -2.36. The van der Waals surface area contributed by atoms with Crippen molar-refractivity contribution in [2.45, 2.75) is 26.5 Å². The van der Waals surface area contributed by atoms with Gasteiger partial charge in [0.05, 0.1) is 6.61 Å². The Morgan fingerprint density at radius 1 is 1.07 bits per heavy atom. The molecule has 0 spiro atoms. The van der Waals surface area contributed by atoms with E-state index < -0.39 is 0 Å². The molecule has 0 aliphatic carbocycles. The maximum Gasteiger partial charge on any atom is 0.225 e. The smallest absolute Gasteiger partial charge is 0.225 e. The van der Waals surface area contributed by atoms with E-state index in [1.807, 2.05) is 13.1 Å². The van der Waals surface area contributed by atoms with Crippen LogP contribution < -0.4 is 10.2 Å². The molecule has 29 heavy (non-hydrogen) atoms. The van der Waals surface area contributed by atoms with Crippen LogP contribution >= 0.6 is 24.0 Å². The van der Waals surface area contributed by atoms with Crippen LogP contribution in [0.15, 0.2) is 47.7 Å². The zero-order valence-electron chi connectivity index (χ0n) is 17.3. The fraction of sp³-hybridized carbons (Fsp3) is 0.476. The van der Waals surface area contributed by atoms with Crippen molar-refractivity contribution in [3.05, 3.63) is 53.9 Å². The van der Waals surface area contributed by atoms with Gasteiger partial charge in [-0.15, -0.1) is 24.0 Å². The zero-order chi connectivity index (χ0) is 19.6. The normalized spacial score (nSPS) is 14.5. The van der Waals surface area contributed by atoms with E-state index >= 15 is 0 Å². The number of halogens is 1. The molecular weight excluding hydrogens is 479 g/mol. The van der Waals surface area contributed by atoms with Crippen molar-refractivity contribution >= 4 is 35.9 Å². The largest absolute Gasteiger partial charge is 0.377 e. The van der Waals surface area contributed by atoms with Gasteiger partial charge in [0.25, 0.3) is 0 Å². The van der Waals surface area contributed by atoms with Crippen LogP contribution in [0.25, 0.3) is 0 Å². The molecule has 1 saturated heterocycles. The van der Waals surface area contributed by atoms with Crippen LogP contribution in [0.5, 0.6) is 0 Å². The fourth-order valence-electron chi connectivity index (χ4n) is 3.28. The number of aliphatic imine (C=N–C) groups is 1. The van der Waals surface area contributed by atoms with Gasteiger partial charge in [0, 0.05) is 58.8 Å². The van der Waals surface area contributed by atoms with E-state index in [-0.39, 0.29) is 24.0 Å². The predicted molar refractivity (Wildman–Crippen MR) is 128 cm³/mol. The summed E-state index contributed by atoms with van der Waals surface area (Å²) in [5.74, 6) is 1.73. The minimum absolute atomic E-state index is 0. The second-order valence-corrected chi connectivity index (χ2v) is 6.74. The van der Waals surface area contributed by atoms with Gasteiger partial charge in [-0.1, -0.05) is 31.2 Å². The first-order chi connectivity index (χ1) is 13.8. The van der Waals surface area contributed by atoms with E-state index in [0.717, 1.165) is 57.7 Å². The molecule has 0 radical (unpaired) electrons. The third-order valence-electron chi connectivity index (χ3n) is 4.79. The Labute approximate surface area is 190 Å². The zero-order valence-corrected chi connectivity index (χ0v) is 19.6. The van der Waals surface area contributed by atoms with Gasteiger partial charge in [-0.2, -0.15) is 0 Å². The Morgan fingerprint density at radius 2 is 1.76 bits per heavy atom. The molecule has 1 fully saturated rings. The fourth-order valence-corrected chi connectivity index (χ4v) is 3.28. The standard InChI is InChI=1S/C21H30N6O.HI/c1-3-15-28-17-19-8-5-4-7-18(19)16-25-20(22-2)26-11-13-27(14-12-26)21-23-9-6-10-24-21;/h4-10H,3,11-17H2,1-2H3,(H,22,25);1H. The van der Waals surface area contributed by atoms with Gasteiger partial charge in [-0.05, 0) is 23.6 Å². The Kier molecular flexibility index (Phi) is 10.1. The maximum absolute atomic E-state index is 5.73. The Hall–Kier alpha value is -1.94. The lowest BCUT2D eigenvalue weighted by atomic mass is 10.1. The maximum atomic E-state index is 5.73. The summed E-state index contributed by atoms with van der Waals surface area (Å²) in [6, 6.07) is 10.3. The average Bonchev–Trinajstić information content (AvgIpc) is 2.76. The van der Waals surface area contributed by atoms with Crippen molar-refractivity contribution in [1.82, 2.24) is 20.2 Å². The average molecular weight is 510 g/mol. The van der Waals surface area contributed by atoms with Gasteiger partial charge in [-0.25, -0.2) is 9.97 Å². The van der Waals surface area contributed by atoms with E-state index in [4.69, 9.17) is 4.74 Å². The molecule has 0 saturated carbocycles. The number of hydrogen-bond acceptors (Lipinski definition) is 5. The molecule has 0 bridgehead atoms. The van der Waals surface area contributed by atoms with Crippen molar-refractivity contribution in [3.8, 4) is 0 Å². The van der Waals surface area contributed by atoms with Crippen molar-refractivity contribution in [2.75, 3.05) is 44.7 Å². The number of rotatable bonds is 7. The molecule has 3 rings (SSSR count). The molecule has 1 aliphatic heterocycles. The molecule has 1 N–H and O–H groups in total. The molecule has 1 aliphatic rings. The SMILES string of the molecule is CCCOCc1ccccc1CNC(=NC)N1CCN(c2ncccn2)CC1.I. The van der Waals surface area contributed by atoms with Crippen LogP contribution in [-0.4, -0.2) is 60.7 Å². The van der Waals surface area contributed by atoms with Crippen LogP contribution in [-0.2, 0) is 17.9 Å². The van der Waals surface area contributed by atoms with Crippen molar-refractivity contribution in [3.63, 3.8) is 0 Å². The van der Waals surface area contributed by atoms with E-state index in [1.54, 1.807) is 12.4 Å². The van der Waals surface area contributed by atoms with Crippen LogP contribution in [0.4, 0.5) is 5.95 Å². The number of ether oxygens (including phenoxy) is 1. The van der Waals surface area contributed by atoms with E-state index in [0.29, 0.717) is 6.61 Å². The molecule has 2 heterocycles. The lowest BCUT2D eigenvalue weighted by molar-refractivity contribution is 0.121. The number of guanidine groups is 1. The van der Waals surface area contributed by atoms with Gasteiger partial charge in [0.1, 0.15) is 0 Å². The number of piperazine rings is 1. The molecule has 1 aromatic heterocycles. The highest BCUT2D eigenvalue weighted by molar-refractivity contribution is 14.0. The molecule has 0 amide bonds. The molecule has 2 aromatic rings.